The largest absolute Gasteiger partial charge is 0.496 e. The van der Waals surface area contributed by atoms with E-state index in [1.165, 1.54) is 14.2 Å². The van der Waals surface area contributed by atoms with Crippen LogP contribution in [-0.4, -0.2) is 43.2 Å². The van der Waals surface area contributed by atoms with Gasteiger partial charge in [0.2, 0.25) is 0 Å². The summed E-state index contributed by atoms with van der Waals surface area (Å²) in [5, 5.41) is 3.20. The van der Waals surface area contributed by atoms with Crippen molar-refractivity contribution in [2.45, 2.75) is 12.8 Å². The number of amides is 1. The molecule has 108 valence electrons. The molecule has 1 heterocycles. The quantitative estimate of drug-likeness (QED) is 0.862. The summed E-state index contributed by atoms with van der Waals surface area (Å²) in [4.78, 5) is 14.4. The fourth-order valence-electron chi connectivity index (χ4n) is 2.23. The highest BCUT2D eigenvalue weighted by atomic mass is 32.1. The molecule has 1 fully saturated rings. The Bertz CT molecular complexity index is 491. The number of nitrogens with one attached hydrogen (secondary N) is 1. The van der Waals surface area contributed by atoms with E-state index in [4.69, 9.17) is 21.7 Å². The zero-order valence-corrected chi connectivity index (χ0v) is 12.5. The highest BCUT2D eigenvalue weighted by molar-refractivity contribution is 7.80. The second-order valence-electron chi connectivity index (χ2n) is 4.49. The van der Waals surface area contributed by atoms with Gasteiger partial charge in [0.15, 0.2) is 5.11 Å². The number of ether oxygens (including phenoxy) is 2. The number of carbonyl (C=O) groups is 1. The molecule has 0 spiro atoms. The van der Waals surface area contributed by atoms with E-state index >= 15 is 0 Å². The van der Waals surface area contributed by atoms with Crippen LogP contribution in [0.3, 0.4) is 0 Å². The van der Waals surface area contributed by atoms with Crippen molar-refractivity contribution >= 4 is 23.2 Å². The van der Waals surface area contributed by atoms with Gasteiger partial charge in [-0.15, -0.1) is 0 Å². The van der Waals surface area contributed by atoms with E-state index in [-0.39, 0.29) is 5.91 Å². The molecule has 1 aliphatic rings. The third kappa shape index (κ3) is 3.01. The maximum absolute atomic E-state index is 12.4. The molecule has 20 heavy (non-hydrogen) atoms. The van der Waals surface area contributed by atoms with Crippen molar-refractivity contribution in [2.75, 3.05) is 27.3 Å². The lowest BCUT2D eigenvalue weighted by Crippen LogP contribution is -2.41. The number of hydrogen-bond donors (Lipinski definition) is 1. The first-order valence-corrected chi connectivity index (χ1v) is 6.89. The zero-order valence-electron chi connectivity index (χ0n) is 11.6. The smallest absolute Gasteiger partial charge is 0.264 e. The molecule has 1 aromatic carbocycles. The van der Waals surface area contributed by atoms with E-state index in [1.807, 2.05) is 4.90 Å². The summed E-state index contributed by atoms with van der Waals surface area (Å²) >= 11 is 5.26. The van der Waals surface area contributed by atoms with Crippen molar-refractivity contribution in [2.24, 2.45) is 0 Å². The van der Waals surface area contributed by atoms with Crippen molar-refractivity contribution in [1.82, 2.24) is 10.2 Å². The minimum atomic E-state index is -0.309. The molecule has 6 heteroatoms. The molecule has 0 unspecified atom stereocenters. The van der Waals surface area contributed by atoms with E-state index in [2.05, 4.69) is 5.32 Å². The fraction of sp³-hybridized carbons (Fsp3) is 0.429. The number of nitrogens with zero attached hydrogens (tertiary/aromatic N) is 1. The van der Waals surface area contributed by atoms with Crippen molar-refractivity contribution in [3.63, 3.8) is 0 Å². The summed E-state index contributed by atoms with van der Waals surface area (Å²) in [6.45, 7) is 1.78. The molecule has 0 aliphatic carbocycles. The second kappa shape index (κ2) is 6.56. The maximum Gasteiger partial charge on any atom is 0.264 e. The van der Waals surface area contributed by atoms with Crippen LogP contribution in [0.1, 0.15) is 23.2 Å². The van der Waals surface area contributed by atoms with Crippen LogP contribution in [0, 0.1) is 0 Å². The van der Waals surface area contributed by atoms with E-state index in [1.54, 1.807) is 18.2 Å². The first-order chi connectivity index (χ1) is 9.67. The van der Waals surface area contributed by atoms with Crippen LogP contribution in [0.15, 0.2) is 18.2 Å². The van der Waals surface area contributed by atoms with E-state index in [0.717, 1.165) is 25.9 Å². The Labute approximate surface area is 123 Å². The molecule has 0 saturated carbocycles. The molecular formula is C14H18N2O3S. The molecule has 0 bridgehead atoms. The van der Waals surface area contributed by atoms with E-state index < -0.39 is 0 Å². The molecule has 0 radical (unpaired) electrons. The summed E-state index contributed by atoms with van der Waals surface area (Å²) in [7, 11) is 3.04. The van der Waals surface area contributed by atoms with Crippen LogP contribution in [0.4, 0.5) is 0 Å². The van der Waals surface area contributed by atoms with Gasteiger partial charge in [-0.05, 0) is 37.2 Å². The Morgan fingerprint density at radius 3 is 2.25 bits per heavy atom. The summed E-state index contributed by atoms with van der Waals surface area (Å²) < 4.78 is 10.4. The summed E-state index contributed by atoms with van der Waals surface area (Å²) in [6.07, 6.45) is 2.21. The number of hydrogen-bond acceptors (Lipinski definition) is 4. The maximum atomic E-state index is 12.4. The van der Waals surface area contributed by atoms with Gasteiger partial charge >= 0.3 is 0 Å². The highest BCUT2D eigenvalue weighted by Gasteiger charge is 2.22. The normalized spacial score (nSPS) is 14.0. The average Bonchev–Trinajstić information content (AvgIpc) is 3.00. The molecule has 0 atom stereocenters. The van der Waals surface area contributed by atoms with Crippen LogP contribution in [0.5, 0.6) is 11.5 Å². The standard InChI is InChI=1S/C14H18N2O3S/c1-18-10-6-5-7-11(19-2)12(10)13(17)15-14(20)16-8-3-4-9-16/h5-7H,3-4,8-9H2,1-2H3,(H,15,17,20). The molecule has 1 amide bonds. The van der Waals surface area contributed by atoms with E-state index in [0.29, 0.717) is 22.2 Å². The molecule has 1 aromatic rings. The van der Waals surface area contributed by atoms with Crippen molar-refractivity contribution in [3.8, 4) is 11.5 Å². The number of benzene rings is 1. The topological polar surface area (TPSA) is 50.8 Å². The predicted octanol–water partition coefficient (Wildman–Crippen LogP) is 1.81. The lowest BCUT2D eigenvalue weighted by Gasteiger charge is -2.20. The third-order valence-electron chi connectivity index (χ3n) is 3.27. The molecule has 1 N–H and O–H groups in total. The predicted molar refractivity (Wildman–Crippen MR) is 80.4 cm³/mol. The van der Waals surface area contributed by atoms with Crippen molar-refractivity contribution in [1.29, 1.82) is 0 Å². The molecule has 0 aromatic heterocycles. The fourth-order valence-corrected chi connectivity index (χ4v) is 2.51. The number of rotatable bonds is 3. The van der Waals surface area contributed by atoms with Gasteiger partial charge in [-0.1, -0.05) is 6.07 Å². The third-order valence-corrected chi connectivity index (χ3v) is 3.63. The van der Waals surface area contributed by atoms with Gasteiger partial charge in [0.25, 0.3) is 5.91 Å². The van der Waals surface area contributed by atoms with Crippen molar-refractivity contribution in [3.05, 3.63) is 23.8 Å². The lowest BCUT2D eigenvalue weighted by atomic mass is 10.1. The van der Waals surface area contributed by atoms with Gasteiger partial charge in [-0.2, -0.15) is 0 Å². The van der Waals surface area contributed by atoms with Crippen LogP contribution >= 0.6 is 12.2 Å². The molecular weight excluding hydrogens is 276 g/mol. The Morgan fingerprint density at radius 2 is 1.75 bits per heavy atom. The Kier molecular flexibility index (Phi) is 4.79. The van der Waals surface area contributed by atoms with Gasteiger partial charge in [0, 0.05) is 13.1 Å². The van der Waals surface area contributed by atoms with Crippen LogP contribution < -0.4 is 14.8 Å². The summed E-state index contributed by atoms with van der Waals surface area (Å²) in [6, 6.07) is 5.21. The Hall–Kier alpha value is -1.82. The zero-order chi connectivity index (χ0) is 14.5. The second-order valence-corrected chi connectivity index (χ2v) is 4.88. The minimum Gasteiger partial charge on any atom is -0.496 e. The minimum absolute atomic E-state index is 0.309. The monoisotopic (exact) mass is 294 g/mol. The van der Waals surface area contributed by atoms with Gasteiger partial charge in [0.1, 0.15) is 17.1 Å². The van der Waals surface area contributed by atoms with Crippen LogP contribution in [0.2, 0.25) is 0 Å². The van der Waals surface area contributed by atoms with Gasteiger partial charge < -0.3 is 14.4 Å². The molecule has 2 rings (SSSR count). The SMILES string of the molecule is COc1cccc(OC)c1C(=O)NC(=S)N1CCCC1. The molecule has 5 nitrogen and oxygen atoms in total. The van der Waals surface area contributed by atoms with Crippen LogP contribution in [0.25, 0.3) is 0 Å². The first kappa shape index (κ1) is 14.6. The van der Waals surface area contributed by atoms with Crippen molar-refractivity contribution < 1.29 is 14.3 Å². The Morgan fingerprint density at radius 1 is 1.20 bits per heavy atom. The average molecular weight is 294 g/mol. The summed E-state index contributed by atoms with van der Waals surface area (Å²) in [5.41, 5.74) is 0.360. The number of carbonyl (C=O) groups excluding carboxylic acids is 1. The number of likely N-dealkylation sites (tertiary alicyclic amines) is 1. The molecule has 1 saturated heterocycles. The van der Waals surface area contributed by atoms with Gasteiger partial charge in [-0.25, -0.2) is 0 Å². The lowest BCUT2D eigenvalue weighted by molar-refractivity contribution is 0.0968. The highest BCUT2D eigenvalue weighted by Crippen LogP contribution is 2.28. The van der Waals surface area contributed by atoms with Gasteiger partial charge in [-0.3, -0.25) is 10.1 Å². The molecule has 1 aliphatic heterocycles. The van der Waals surface area contributed by atoms with E-state index in [9.17, 15) is 4.79 Å². The first-order valence-electron chi connectivity index (χ1n) is 6.48. The van der Waals surface area contributed by atoms with Gasteiger partial charge in [0.05, 0.1) is 14.2 Å². The number of methoxy groups -OCH3 is 2. The summed E-state index contributed by atoms with van der Waals surface area (Å²) in [5.74, 6) is 0.619. The Balaban J connectivity index is 2.17. The van der Waals surface area contributed by atoms with Crippen LogP contribution in [-0.2, 0) is 0 Å². The number of thiocarbonyl (C=S) groups is 1.